The highest BCUT2D eigenvalue weighted by molar-refractivity contribution is 6.30. The van der Waals surface area contributed by atoms with E-state index in [1.165, 1.54) is 6.07 Å². The Balaban J connectivity index is 1.39. The van der Waals surface area contributed by atoms with Gasteiger partial charge in [-0.2, -0.15) is 0 Å². The van der Waals surface area contributed by atoms with E-state index in [9.17, 15) is 0 Å². The minimum absolute atomic E-state index is 0.104. The van der Waals surface area contributed by atoms with Crippen molar-refractivity contribution in [1.29, 1.82) is 0 Å². The van der Waals surface area contributed by atoms with E-state index < -0.39 is 5.82 Å². The van der Waals surface area contributed by atoms with Crippen LogP contribution in [0.15, 0.2) is 78.1 Å². The number of fused-ring (bicyclic) bond motifs is 1. The number of halogens is 2. The van der Waals surface area contributed by atoms with E-state index in [2.05, 4.69) is 14.9 Å². The number of aromatic nitrogens is 1. The van der Waals surface area contributed by atoms with Gasteiger partial charge >= 0.3 is 0 Å². The third kappa shape index (κ3) is 4.97. The van der Waals surface area contributed by atoms with Gasteiger partial charge in [-0.3, -0.25) is 9.98 Å². The fourth-order valence-corrected chi connectivity index (χ4v) is 4.13. The Morgan fingerprint density at radius 2 is 1.69 bits per heavy atom. The number of rotatable bonds is 7. The van der Waals surface area contributed by atoms with Crippen molar-refractivity contribution in [1.82, 2.24) is 9.88 Å². The molecule has 0 saturated heterocycles. The highest BCUT2D eigenvalue weighted by Crippen LogP contribution is 2.37. The summed E-state index contributed by atoms with van der Waals surface area (Å²) >= 11 is 5.98. The van der Waals surface area contributed by atoms with Gasteiger partial charge in [-0.1, -0.05) is 29.8 Å². The molecule has 182 valence electrons. The molecule has 0 radical (unpaired) electrons. The number of aliphatic imine (C=N–C) groups is 1. The molecule has 0 unspecified atom stereocenters. The molecule has 3 aromatic carbocycles. The zero-order chi connectivity index (χ0) is 25.1. The van der Waals surface area contributed by atoms with Crippen molar-refractivity contribution < 1.29 is 18.6 Å². The summed E-state index contributed by atoms with van der Waals surface area (Å²) in [7, 11) is 3.11. The first kappa shape index (κ1) is 23.6. The Labute approximate surface area is 213 Å². The zero-order valence-electron chi connectivity index (χ0n) is 19.7. The van der Waals surface area contributed by atoms with Gasteiger partial charge in [-0.25, -0.2) is 4.39 Å². The Morgan fingerprint density at radius 3 is 2.44 bits per heavy atom. The van der Waals surface area contributed by atoms with Gasteiger partial charge in [-0.05, 0) is 47.5 Å². The topological polar surface area (TPSA) is 56.2 Å². The van der Waals surface area contributed by atoms with Crippen LogP contribution < -0.4 is 14.2 Å². The van der Waals surface area contributed by atoms with Crippen LogP contribution in [0.4, 0.5) is 4.39 Å². The molecule has 0 saturated carbocycles. The van der Waals surface area contributed by atoms with Crippen molar-refractivity contribution in [2.24, 2.45) is 4.99 Å². The smallest absolute Gasteiger partial charge is 0.166 e. The van der Waals surface area contributed by atoms with Crippen LogP contribution in [0.1, 0.15) is 11.1 Å². The second kappa shape index (κ2) is 10.3. The number of pyridine rings is 1. The lowest BCUT2D eigenvalue weighted by Crippen LogP contribution is -2.20. The van der Waals surface area contributed by atoms with Crippen LogP contribution in [0.5, 0.6) is 23.0 Å². The molecule has 5 rings (SSSR count). The van der Waals surface area contributed by atoms with Gasteiger partial charge in [0.25, 0.3) is 0 Å². The summed E-state index contributed by atoms with van der Waals surface area (Å²) in [5, 5.41) is 1.38. The van der Waals surface area contributed by atoms with Gasteiger partial charge in [0.2, 0.25) is 0 Å². The van der Waals surface area contributed by atoms with Gasteiger partial charge < -0.3 is 19.1 Å². The predicted molar refractivity (Wildman–Crippen MR) is 140 cm³/mol. The maximum Gasteiger partial charge on any atom is 0.166 e. The number of allylic oxidation sites excluding steroid dienone is 1. The maximum atomic E-state index is 15.2. The fraction of sp³-hybridized carbons (Fsp3) is 0.143. The minimum atomic E-state index is -0.484. The largest absolute Gasteiger partial charge is 0.493 e. The summed E-state index contributed by atoms with van der Waals surface area (Å²) in [4.78, 5) is 10.9. The molecule has 1 aliphatic rings. The maximum absolute atomic E-state index is 15.2. The summed E-state index contributed by atoms with van der Waals surface area (Å²) in [5.74, 6) is 1.16. The number of hydrogen-bond acceptors (Lipinski definition) is 6. The minimum Gasteiger partial charge on any atom is -0.493 e. The van der Waals surface area contributed by atoms with Crippen LogP contribution in [-0.4, -0.2) is 37.0 Å². The Hall–Kier alpha value is -4.10. The average Bonchev–Trinajstić information content (AvgIpc) is 2.90. The summed E-state index contributed by atoms with van der Waals surface area (Å²) in [6, 6.07) is 17.8. The van der Waals surface area contributed by atoms with Crippen LogP contribution in [0.3, 0.4) is 0 Å². The van der Waals surface area contributed by atoms with Gasteiger partial charge in [0.1, 0.15) is 12.4 Å². The molecule has 8 heteroatoms. The van der Waals surface area contributed by atoms with Crippen molar-refractivity contribution in [2.75, 3.05) is 20.9 Å². The summed E-state index contributed by atoms with van der Waals surface area (Å²) in [6.45, 7) is 1.20. The molecule has 2 heterocycles. The summed E-state index contributed by atoms with van der Waals surface area (Å²) in [5.41, 5.74) is 3.27. The monoisotopic (exact) mass is 503 g/mol. The highest BCUT2D eigenvalue weighted by Gasteiger charge is 2.15. The Morgan fingerprint density at radius 1 is 0.917 bits per heavy atom. The standard InChI is InChI=1S/C28H23ClFN3O3/c1-34-27-12-22-24(13-28(27)35-2)32-10-9-25(22)36-26-8-5-19(11-23(26)30)20-14-31-17-33(16-20)15-18-3-6-21(29)7-4-18/h3-14,16H,15,17H2,1-2H3. The van der Waals surface area contributed by atoms with Crippen LogP contribution in [0.2, 0.25) is 5.02 Å². The van der Waals surface area contributed by atoms with E-state index in [1.54, 1.807) is 50.9 Å². The zero-order valence-corrected chi connectivity index (χ0v) is 20.5. The molecule has 0 aliphatic carbocycles. The van der Waals surface area contributed by atoms with E-state index in [0.717, 1.165) is 11.1 Å². The second-order valence-corrected chi connectivity index (χ2v) is 8.63. The molecule has 0 amide bonds. The summed E-state index contributed by atoms with van der Waals surface area (Å²) in [6.07, 6.45) is 5.34. The average molecular weight is 504 g/mol. The van der Waals surface area contributed by atoms with Crippen molar-refractivity contribution in [2.45, 2.75) is 6.54 Å². The molecular formula is C28H23ClFN3O3. The molecule has 36 heavy (non-hydrogen) atoms. The lowest BCUT2D eigenvalue weighted by atomic mass is 10.1. The lowest BCUT2D eigenvalue weighted by molar-refractivity contribution is 0.355. The van der Waals surface area contributed by atoms with Crippen molar-refractivity contribution in [3.8, 4) is 23.0 Å². The molecule has 1 aliphatic heterocycles. The number of benzene rings is 3. The number of ether oxygens (including phenoxy) is 3. The molecule has 0 bridgehead atoms. The molecule has 1 aromatic heterocycles. The van der Waals surface area contributed by atoms with Crippen LogP contribution in [-0.2, 0) is 6.54 Å². The van der Waals surface area contributed by atoms with Crippen LogP contribution in [0.25, 0.3) is 16.5 Å². The number of methoxy groups -OCH3 is 2. The van der Waals surface area contributed by atoms with Crippen molar-refractivity contribution in [3.05, 3.63) is 95.0 Å². The van der Waals surface area contributed by atoms with E-state index in [0.29, 0.717) is 52.0 Å². The van der Waals surface area contributed by atoms with Crippen molar-refractivity contribution >= 4 is 34.3 Å². The summed E-state index contributed by atoms with van der Waals surface area (Å²) < 4.78 is 31.9. The quantitative estimate of drug-likeness (QED) is 0.280. The van der Waals surface area contributed by atoms with Gasteiger partial charge in [0, 0.05) is 47.2 Å². The lowest BCUT2D eigenvalue weighted by Gasteiger charge is -2.23. The number of hydrogen-bond donors (Lipinski definition) is 0. The highest BCUT2D eigenvalue weighted by atomic mass is 35.5. The second-order valence-electron chi connectivity index (χ2n) is 8.19. The van der Waals surface area contributed by atoms with E-state index in [1.807, 2.05) is 36.5 Å². The fourth-order valence-electron chi connectivity index (χ4n) is 4.00. The molecular weight excluding hydrogens is 481 g/mol. The van der Waals surface area contributed by atoms with E-state index in [-0.39, 0.29) is 5.75 Å². The van der Waals surface area contributed by atoms with Crippen molar-refractivity contribution in [3.63, 3.8) is 0 Å². The first-order chi connectivity index (χ1) is 17.5. The molecule has 0 fully saturated rings. The third-order valence-corrected chi connectivity index (χ3v) is 6.06. The Bertz CT molecular complexity index is 1470. The Kier molecular flexibility index (Phi) is 6.73. The number of nitrogens with zero attached hydrogens (tertiary/aromatic N) is 3. The van der Waals surface area contributed by atoms with Crippen LogP contribution >= 0.6 is 11.6 Å². The molecule has 4 aromatic rings. The van der Waals surface area contributed by atoms with Gasteiger partial charge in [0.05, 0.1) is 19.7 Å². The first-order valence-corrected chi connectivity index (χ1v) is 11.6. The predicted octanol–water partition coefficient (Wildman–Crippen LogP) is 6.72. The SMILES string of the molecule is COc1cc2nccc(Oc3ccc(C4=CN(Cc5ccc(Cl)cc5)CN=C4)cc3F)c2cc1OC. The van der Waals surface area contributed by atoms with Crippen LogP contribution in [0, 0.1) is 5.82 Å². The molecule has 6 nitrogen and oxygen atoms in total. The molecule has 0 N–H and O–H groups in total. The van der Waals surface area contributed by atoms with Gasteiger partial charge in [0.15, 0.2) is 23.1 Å². The first-order valence-electron chi connectivity index (χ1n) is 11.2. The molecule has 0 atom stereocenters. The van der Waals surface area contributed by atoms with E-state index >= 15 is 4.39 Å². The van der Waals surface area contributed by atoms with Gasteiger partial charge in [-0.15, -0.1) is 0 Å². The third-order valence-electron chi connectivity index (χ3n) is 5.81. The molecule has 0 spiro atoms. The van der Waals surface area contributed by atoms with E-state index in [4.69, 9.17) is 25.8 Å². The normalized spacial score (nSPS) is 13.0.